The van der Waals surface area contributed by atoms with Crippen molar-refractivity contribution in [1.29, 1.82) is 0 Å². The number of hydrogen-bond acceptors (Lipinski definition) is 3. The van der Waals surface area contributed by atoms with Crippen LogP contribution in [-0.4, -0.2) is 24.1 Å². The van der Waals surface area contributed by atoms with Gasteiger partial charge in [0.15, 0.2) is 11.2 Å². The lowest BCUT2D eigenvalue weighted by atomic mass is 9.81. The van der Waals surface area contributed by atoms with Gasteiger partial charge >= 0.3 is 5.65 Å². The number of para-hydroxylation sites is 6. The van der Waals surface area contributed by atoms with E-state index in [2.05, 4.69) is 302 Å². The SMILES string of the molecule is CC1(C)c2ccccc2-c2ccc(-c3cc(-c4ccc5c(c4)C(C)(C)c4ccccc4-5)c4c(c3)c(-c3ccc(-c5nc6ccccc6n5-c5ccccc5)cc3)nc3c5ccc(-c6nc7ccccc7n6-c6ccccc6)cc5cc[n+]34)cc21. The van der Waals surface area contributed by atoms with Crippen molar-refractivity contribution < 1.29 is 4.40 Å². The lowest BCUT2D eigenvalue weighted by Crippen LogP contribution is -2.25. The Morgan fingerprint density at radius 1 is 0.333 bits per heavy atom. The summed E-state index contributed by atoms with van der Waals surface area (Å²) in [5.74, 6) is 1.77. The summed E-state index contributed by atoms with van der Waals surface area (Å²) in [5.41, 5.74) is 26.9. The van der Waals surface area contributed by atoms with E-state index in [-0.39, 0.29) is 10.8 Å². The van der Waals surface area contributed by atoms with Crippen molar-refractivity contribution in [2.75, 3.05) is 0 Å². The van der Waals surface area contributed by atoms with Gasteiger partial charge in [0.25, 0.3) is 0 Å². The first-order valence-corrected chi connectivity index (χ1v) is 29.1. The second-order valence-corrected chi connectivity index (χ2v) is 23.8. The highest BCUT2D eigenvalue weighted by Gasteiger charge is 2.38. The van der Waals surface area contributed by atoms with E-state index in [9.17, 15) is 0 Å². The maximum atomic E-state index is 5.91. The predicted molar refractivity (Wildman–Crippen MR) is 344 cm³/mol. The van der Waals surface area contributed by atoms with Gasteiger partial charge in [-0.05, 0) is 175 Å². The number of fused-ring (bicyclic) bond motifs is 13. The Kier molecular flexibility index (Phi) is 10.3. The van der Waals surface area contributed by atoms with Crippen LogP contribution >= 0.6 is 0 Å². The average molecular weight is 1080 g/mol. The van der Waals surface area contributed by atoms with Gasteiger partial charge in [-0.1, -0.05) is 179 Å². The summed E-state index contributed by atoms with van der Waals surface area (Å²) in [6.07, 6.45) is 2.24. The highest BCUT2D eigenvalue weighted by Crippen LogP contribution is 2.52. The molecule has 11 aromatic carbocycles. The van der Waals surface area contributed by atoms with Crippen LogP contribution in [0.3, 0.4) is 0 Å². The third-order valence-electron chi connectivity index (χ3n) is 18.4. The van der Waals surface area contributed by atoms with Gasteiger partial charge in [0, 0.05) is 44.5 Å². The molecule has 0 unspecified atom stereocenters. The van der Waals surface area contributed by atoms with Crippen LogP contribution in [0.5, 0.6) is 0 Å². The highest BCUT2D eigenvalue weighted by atomic mass is 15.1. The van der Waals surface area contributed by atoms with Crippen molar-refractivity contribution in [3.63, 3.8) is 0 Å². The summed E-state index contributed by atoms with van der Waals surface area (Å²) in [6, 6.07) is 92.9. The van der Waals surface area contributed by atoms with Crippen LogP contribution in [0.25, 0.3) is 139 Å². The standard InChI is InChI=1S/C78H55N6/c1-77(2)64-25-13-11-23-58(64)60-39-35-50(46-66(60)77)54-44-62(51-36-40-61-59-24-12-14-26-65(59)78(3,4)67(61)47-51)73-63(45-54)72(48-31-33-49(34-32-48)74-79-68-27-15-17-29-70(68)83(74)55-19-7-5-8-20-55)81-76-57-38-37-53(43-52(57)41-42-82(73)76)75-80-69-28-16-18-30-71(69)84(75)56-21-9-6-10-22-56/h5-47H,1-4H3/q+1. The molecule has 0 amide bonds. The van der Waals surface area contributed by atoms with Gasteiger partial charge in [-0.25, -0.2) is 9.97 Å². The summed E-state index contributed by atoms with van der Waals surface area (Å²) < 4.78 is 6.90. The quantitative estimate of drug-likeness (QED) is 0.118. The highest BCUT2D eigenvalue weighted by molar-refractivity contribution is 6.06. The van der Waals surface area contributed by atoms with Crippen LogP contribution in [0.15, 0.2) is 261 Å². The molecule has 0 N–H and O–H groups in total. The monoisotopic (exact) mass is 1080 g/mol. The van der Waals surface area contributed by atoms with Crippen LogP contribution in [0, 0.1) is 0 Å². The number of hydrogen-bond donors (Lipinski definition) is 0. The molecule has 6 heteroatoms. The molecule has 0 aliphatic heterocycles. The van der Waals surface area contributed by atoms with Crippen LogP contribution in [-0.2, 0) is 10.8 Å². The van der Waals surface area contributed by atoms with E-state index in [1.807, 2.05) is 0 Å². The van der Waals surface area contributed by atoms with E-state index in [1.165, 1.54) is 50.1 Å². The molecule has 0 spiro atoms. The minimum atomic E-state index is -0.199. The Morgan fingerprint density at radius 3 is 1.44 bits per heavy atom. The van der Waals surface area contributed by atoms with E-state index in [0.29, 0.717) is 0 Å². The molecule has 2 aliphatic rings. The molecule has 84 heavy (non-hydrogen) atoms. The Bertz CT molecular complexity index is 5240. The number of nitrogens with zero attached hydrogens (tertiary/aromatic N) is 6. The van der Waals surface area contributed by atoms with Gasteiger partial charge in [0.1, 0.15) is 11.6 Å². The number of pyridine rings is 1. The van der Waals surface area contributed by atoms with Crippen molar-refractivity contribution in [3.05, 3.63) is 283 Å². The van der Waals surface area contributed by atoms with Crippen LogP contribution in [0.4, 0.5) is 0 Å². The summed E-state index contributed by atoms with van der Waals surface area (Å²) in [4.78, 5) is 16.5. The van der Waals surface area contributed by atoms with Crippen molar-refractivity contribution in [2.45, 2.75) is 38.5 Å². The minimum absolute atomic E-state index is 0.168. The van der Waals surface area contributed by atoms with Crippen molar-refractivity contribution in [2.24, 2.45) is 0 Å². The largest absolute Gasteiger partial charge is 0.336 e. The Hall–Kier alpha value is -10.6. The van der Waals surface area contributed by atoms with Crippen molar-refractivity contribution in [3.8, 4) is 89.9 Å². The molecule has 2 aliphatic carbocycles. The first kappa shape index (κ1) is 48.2. The fourth-order valence-corrected chi connectivity index (χ4v) is 14.2. The van der Waals surface area contributed by atoms with Crippen molar-refractivity contribution >= 4 is 49.4 Å². The van der Waals surface area contributed by atoms with Crippen LogP contribution in [0.1, 0.15) is 49.9 Å². The van der Waals surface area contributed by atoms with E-state index >= 15 is 0 Å². The maximum absolute atomic E-state index is 5.91. The number of rotatable bonds is 7. The van der Waals surface area contributed by atoms with Crippen molar-refractivity contribution in [1.82, 2.24) is 24.1 Å². The third kappa shape index (κ3) is 7.10. The Balaban J connectivity index is 0.932. The predicted octanol–water partition coefficient (Wildman–Crippen LogP) is 18.8. The van der Waals surface area contributed by atoms with Crippen LogP contribution in [0.2, 0.25) is 0 Å². The van der Waals surface area contributed by atoms with Gasteiger partial charge < -0.3 is 0 Å². The molecule has 0 saturated heterocycles. The molecule has 0 radical (unpaired) electrons. The lowest BCUT2D eigenvalue weighted by molar-refractivity contribution is -0.482. The molecule has 0 atom stereocenters. The van der Waals surface area contributed by atoms with Gasteiger partial charge in [-0.2, -0.15) is 4.40 Å². The molecule has 0 fully saturated rings. The first-order chi connectivity index (χ1) is 41.2. The second-order valence-electron chi connectivity index (χ2n) is 23.8. The molecular weight excluding hydrogens is 1020 g/mol. The molecule has 15 aromatic rings. The van der Waals surface area contributed by atoms with E-state index in [4.69, 9.17) is 15.0 Å². The molecule has 17 rings (SSSR count). The Labute approximate surface area is 486 Å². The van der Waals surface area contributed by atoms with Crippen LogP contribution < -0.4 is 4.40 Å². The Morgan fingerprint density at radius 2 is 0.821 bits per heavy atom. The second kappa shape index (κ2) is 18.0. The lowest BCUT2D eigenvalue weighted by Gasteiger charge is -2.22. The zero-order valence-electron chi connectivity index (χ0n) is 47.0. The summed E-state index contributed by atoms with van der Waals surface area (Å²) >= 11 is 0. The molecule has 396 valence electrons. The van der Waals surface area contributed by atoms with E-state index < -0.39 is 0 Å². The average Bonchev–Trinajstić information content (AvgIpc) is 1.58. The molecule has 4 aromatic heterocycles. The van der Waals surface area contributed by atoms with Gasteiger partial charge in [-0.15, -0.1) is 0 Å². The summed E-state index contributed by atoms with van der Waals surface area (Å²) in [5, 5.41) is 3.17. The van der Waals surface area contributed by atoms with E-state index in [1.54, 1.807) is 0 Å². The number of benzene rings is 11. The number of aromatic nitrogens is 6. The van der Waals surface area contributed by atoms with Gasteiger partial charge in [0.2, 0.25) is 0 Å². The normalized spacial score (nSPS) is 13.7. The summed E-state index contributed by atoms with van der Waals surface area (Å²) in [6.45, 7) is 9.49. The smallest absolute Gasteiger partial charge is 0.292 e. The zero-order chi connectivity index (χ0) is 56.0. The minimum Gasteiger partial charge on any atom is -0.292 e. The molecule has 0 saturated carbocycles. The molecular formula is C78H55N6+. The third-order valence-corrected chi connectivity index (χ3v) is 18.4. The van der Waals surface area contributed by atoms with E-state index in [0.717, 1.165) is 111 Å². The van der Waals surface area contributed by atoms with Gasteiger partial charge in [0.05, 0.1) is 39.0 Å². The molecule has 6 nitrogen and oxygen atoms in total. The molecule has 4 heterocycles. The fraction of sp³-hybridized carbons (Fsp3) is 0.0769. The van der Waals surface area contributed by atoms with Gasteiger partial charge in [-0.3, -0.25) is 9.13 Å². The molecule has 0 bridgehead atoms. The maximum Gasteiger partial charge on any atom is 0.336 e. The fourth-order valence-electron chi connectivity index (χ4n) is 14.2. The summed E-state index contributed by atoms with van der Waals surface area (Å²) in [7, 11) is 0. The first-order valence-electron chi connectivity index (χ1n) is 29.1. The zero-order valence-corrected chi connectivity index (χ0v) is 47.0. The topological polar surface area (TPSA) is 52.6 Å². The number of imidazole rings is 2.